The maximum Gasteiger partial charge on any atom is 0.335 e. The number of halogens is 1. The fourth-order valence-electron chi connectivity index (χ4n) is 1.93. The van der Waals surface area contributed by atoms with Crippen molar-refractivity contribution in [1.82, 2.24) is 0 Å². The average molecular weight is 350 g/mol. The zero-order chi connectivity index (χ0) is 17.7. The fourth-order valence-corrected chi connectivity index (χ4v) is 2.11. The minimum atomic E-state index is -1.08. The zero-order valence-electron chi connectivity index (χ0n) is 13.1. The second-order valence-electron chi connectivity index (χ2n) is 4.97. The Balaban J connectivity index is 2.00. The van der Waals surface area contributed by atoms with Gasteiger partial charge in [-0.1, -0.05) is 17.7 Å². The second-order valence-corrected chi connectivity index (χ2v) is 5.38. The van der Waals surface area contributed by atoms with E-state index in [-0.39, 0.29) is 29.6 Å². The van der Waals surface area contributed by atoms with Crippen LogP contribution in [-0.4, -0.2) is 30.7 Å². The fraction of sp³-hybridized carbons (Fsp3) is 0.176. The number of carboxylic acid groups (broad SMARTS) is 1. The predicted octanol–water partition coefficient (Wildman–Crippen LogP) is 3.37. The number of carboxylic acids is 1. The number of ether oxygens (including phenoxy) is 2. The number of carbonyl (C=O) groups excluding carboxylic acids is 1. The van der Waals surface area contributed by atoms with E-state index in [2.05, 4.69) is 5.32 Å². The van der Waals surface area contributed by atoms with E-state index in [1.54, 1.807) is 18.2 Å². The van der Waals surface area contributed by atoms with Crippen molar-refractivity contribution in [3.05, 3.63) is 52.5 Å². The maximum atomic E-state index is 11.9. The van der Waals surface area contributed by atoms with Crippen LogP contribution in [0.2, 0.25) is 5.02 Å². The van der Waals surface area contributed by atoms with Crippen LogP contribution in [0.25, 0.3) is 0 Å². The number of carbonyl (C=O) groups is 2. The summed E-state index contributed by atoms with van der Waals surface area (Å²) in [5.74, 6) is -0.936. The molecule has 0 atom stereocenters. The first-order chi connectivity index (χ1) is 11.4. The van der Waals surface area contributed by atoms with Gasteiger partial charge in [-0.05, 0) is 42.8 Å². The number of methoxy groups -OCH3 is 1. The van der Waals surface area contributed by atoms with Crippen molar-refractivity contribution in [1.29, 1.82) is 0 Å². The summed E-state index contributed by atoms with van der Waals surface area (Å²) in [5.41, 5.74) is 1.54. The molecule has 0 heterocycles. The molecule has 1 amide bonds. The number of hydrogen-bond donors (Lipinski definition) is 2. The highest BCUT2D eigenvalue weighted by Crippen LogP contribution is 2.28. The SMILES string of the molecule is COc1cc(C(=O)O)ccc1OCC(=O)Nc1ccc(C)c(Cl)c1. The molecule has 0 aromatic heterocycles. The van der Waals surface area contributed by atoms with Crippen LogP contribution >= 0.6 is 11.6 Å². The molecular formula is C17H16ClNO5. The summed E-state index contributed by atoms with van der Waals surface area (Å²) in [7, 11) is 1.39. The first kappa shape index (κ1) is 17.6. The molecule has 2 rings (SSSR count). The van der Waals surface area contributed by atoms with Crippen LogP contribution in [0, 0.1) is 6.92 Å². The number of hydrogen-bond acceptors (Lipinski definition) is 4. The van der Waals surface area contributed by atoms with Gasteiger partial charge in [0.1, 0.15) is 0 Å². The number of nitrogens with one attached hydrogen (secondary N) is 1. The van der Waals surface area contributed by atoms with Gasteiger partial charge in [0.15, 0.2) is 18.1 Å². The largest absolute Gasteiger partial charge is 0.493 e. The molecule has 2 aromatic carbocycles. The second kappa shape index (κ2) is 7.70. The lowest BCUT2D eigenvalue weighted by Crippen LogP contribution is -2.20. The maximum absolute atomic E-state index is 11.9. The average Bonchev–Trinajstić information content (AvgIpc) is 2.56. The van der Waals surface area contributed by atoms with E-state index in [4.69, 9.17) is 26.2 Å². The summed E-state index contributed by atoms with van der Waals surface area (Å²) in [5, 5.41) is 12.2. The van der Waals surface area contributed by atoms with E-state index in [9.17, 15) is 9.59 Å². The molecule has 0 fully saturated rings. The molecule has 0 spiro atoms. The van der Waals surface area contributed by atoms with Crippen LogP contribution in [0.4, 0.5) is 5.69 Å². The number of aryl methyl sites for hydroxylation is 1. The molecule has 2 N–H and O–H groups in total. The van der Waals surface area contributed by atoms with E-state index >= 15 is 0 Å². The lowest BCUT2D eigenvalue weighted by molar-refractivity contribution is -0.118. The summed E-state index contributed by atoms with van der Waals surface area (Å²) in [6.07, 6.45) is 0. The van der Waals surface area contributed by atoms with Crippen LogP contribution in [0.1, 0.15) is 15.9 Å². The van der Waals surface area contributed by atoms with Crippen molar-refractivity contribution >= 4 is 29.2 Å². The first-order valence-corrected chi connectivity index (χ1v) is 7.38. The third-order valence-electron chi connectivity index (χ3n) is 3.22. The van der Waals surface area contributed by atoms with Gasteiger partial charge in [-0.3, -0.25) is 4.79 Å². The number of amides is 1. The summed E-state index contributed by atoms with van der Waals surface area (Å²) in [6.45, 7) is 1.61. The van der Waals surface area contributed by atoms with Gasteiger partial charge < -0.3 is 19.9 Å². The van der Waals surface area contributed by atoms with Crippen LogP contribution in [0.5, 0.6) is 11.5 Å². The summed E-state index contributed by atoms with van der Waals surface area (Å²) < 4.78 is 10.5. The Labute approximate surface area is 144 Å². The quantitative estimate of drug-likeness (QED) is 0.835. The minimum absolute atomic E-state index is 0.0675. The van der Waals surface area contributed by atoms with Gasteiger partial charge in [-0.2, -0.15) is 0 Å². The highest BCUT2D eigenvalue weighted by atomic mass is 35.5. The van der Waals surface area contributed by atoms with E-state index in [0.29, 0.717) is 10.7 Å². The molecule has 0 saturated carbocycles. The number of anilines is 1. The van der Waals surface area contributed by atoms with Gasteiger partial charge in [0.25, 0.3) is 5.91 Å². The van der Waals surface area contributed by atoms with Gasteiger partial charge in [-0.25, -0.2) is 4.79 Å². The Bertz CT molecular complexity index is 776. The van der Waals surface area contributed by atoms with Crippen molar-refractivity contribution in [2.24, 2.45) is 0 Å². The van der Waals surface area contributed by atoms with Gasteiger partial charge in [-0.15, -0.1) is 0 Å². The van der Waals surface area contributed by atoms with Crippen molar-refractivity contribution in [3.63, 3.8) is 0 Å². The Kier molecular flexibility index (Phi) is 5.65. The summed E-state index contributed by atoms with van der Waals surface area (Å²) >= 11 is 6.00. The standard InChI is InChI=1S/C17H16ClNO5/c1-10-3-5-12(8-13(10)18)19-16(20)9-24-14-6-4-11(17(21)22)7-15(14)23-2/h3-8H,9H2,1-2H3,(H,19,20)(H,21,22). The molecule has 0 saturated heterocycles. The van der Waals surface area contributed by atoms with Crippen LogP contribution < -0.4 is 14.8 Å². The smallest absolute Gasteiger partial charge is 0.335 e. The predicted molar refractivity (Wildman–Crippen MR) is 90.3 cm³/mol. The molecule has 0 aliphatic rings. The third kappa shape index (κ3) is 4.39. The molecule has 7 heteroatoms. The Hall–Kier alpha value is -2.73. The van der Waals surface area contributed by atoms with Gasteiger partial charge in [0.05, 0.1) is 12.7 Å². The Morgan fingerprint density at radius 2 is 1.92 bits per heavy atom. The number of aromatic carboxylic acids is 1. The monoisotopic (exact) mass is 349 g/mol. The summed E-state index contributed by atoms with van der Waals surface area (Å²) in [6, 6.07) is 9.33. The molecule has 24 heavy (non-hydrogen) atoms. The first-order valence-electron chi connectivity index (χ1n) is 7.01. The molecular weight excluding hydrogens is 334 g/mol. The van der Waals surface area contributed by atoms with Crippen molar-refractivity contribution in [2.75, 3.05) is 19.0 Å². The van der Waals surface area contributed by atoms with Gasteiger partial charge in [0, 0.05) is 10.7 Å². The lowest BCUT2D eigenvalue weighted by Gasteiger charge is -2.12. The zero-order valence-corrected chi connectivity index (χ0v) is 13.9. The molecule has 0 aliphatic heterocycles. The minimum Gasteiger partial charge on any atom is -0.493 e. The molecule has 126 valence electrons. The van der Waals surface area contributed by atoms with Gasteiger partial charge in [0.2, 0.25) is 0 Å². The highest BCUT2D eigenvalue weighted by Gasteiger charge is 2.12. The Morgan fingerprint density at radius 1 is 1.17 bits per heavy atom. The highest BCUT2D eigenvalue weighted by molar-refractivity contribution is 6.31. The topological polar surface area (TPSA) is 84.9 Å². The normalized spacial score (nSPS) is 10.1. The molecule has 0 bridgehead atoms. The molecule has 0 radical (unpaired) electrons. The number of rotatable bonds is 6. The number of benzene rings is 2. The van der Waals surface area contributed by atoms with Crippen LogP contribution in [0.15, 0.2) is 36.4 Å². The van der Waals surface area contributed by atoms with Crippen molar-refractivity contribution in [3.8, 4) is 11.5 Å². The van der Waals surface area contributed by atoms with E-state index < -0.39 is 5.97 Å². The van der Waals surface area contributed by atoms with E-state index in [1.165, 1.54) is 25.3 Å². The van der Waals surface area contributed by atoms with E-state index in [1.807, 2.05) is 6.92 Å². The molecule has 0 aliphatic carbocycles. The van der Waals surface area contributed by atoms with Crippen LogP contribution in [-0.2, 0) is 4.79 Å². The lowest BCUT2D eigenvalue weighted by atomic mass is 10.2. The molecule has 6 nitrogen and oxygen atoms in total. The molecule has 2 aromatic rings. The Morgan fingerprint density at radius 3 is 2.54 bits per heavy atom. The van der Waals surface area contributed by atoms with Crippen molar-refractivity contribution in [2.45, 2.75) is 6.92 Å². The van der Waals surface area contributed by atoms with Crippen molar-refractivity contribution < 1.29 is 24.2 Å². The van der Waals surface area contributed by atoms with E-state index in [0.717, 1.165) is 5.56 Å². The summed E-state index contributed by atoms with van der Waals surface area (Å²) in [4.78, 5) is 22.9. The van der Waals surface area contributed by atoms with Crippen LogP contribution in [0.3, 0.4) is 0 Å². The third-order valence-corrected chi connectivity index (χ3v) is 3.63. The molecule has 0 unspecified atom stereocenters. The van der Waals surface area contributed by atoms with Gasteiger partial charge >= 0.3 is 5.97 Å².